The standard InChI is InChI=1S/C14H16N2O2/c1-2-13-14(18-6-5-17-13)7-11(1)8-16-10-12-3-4-15-9-12/h1-4,7,9,15-16H,5-6,8,10H2. The largest absolute Gasteiger partial charge is 0.486 e. The van der Waals surface area contributed by atoms with Crippen LogP contribution in [0.1, 0.15) is 11.1 Å². The van der Waals surface area contributed by atoms with Gasteiger partial charge in [0, 0.05) is 25.5 Å². The Morgan fingerprint density at radius 3 is 2.67 bits per heavy atom. The van der Waals surface area contributed by atoms with E-state index in [9.17, 15) is 0 Å². The van der Waals surface area contributed by atoms with Crippen LogP contribution in [0, 0.1) is 0 Å². The third-order valence-corrected chi connectivity index (χ3v) is 2.93. The van der Waals surface area contributed by atoms with E-state index in [2.05, 4.69) is 22.4 Å². The van der Waals surface area contributed by atoms with Gasteiger partial charge in [-0.15, -0.1) is 0 Å². The zero-order valence-corrected chi connectivity index (χ0v) is 10.1. The van der Waals surface area contributed by atoms with E-state index >= 15 is 0 Å². The minimum Gasteiger partial charge on any atom is -0.486 e. The summed E-state index contributed by atoms with van der Waals surface area (Å²) in [6.07, 6.45) is 3.93. The van der Waals surface area contributed by atoms with Gasteiger partial charge in [0.15, 0.2) is 11.5 Å². The molecular weight excluding hydrogens is 228 g/mol. The van der Waals surface area contributed by atoms with Crippen molar-refractivity contribution in [3.8, 4) is 11.5 Å². The van der Waals surface area contributed by atoms with Crippen LogP contribution in [0.2, 0.25) is 0 Å². The molecule has 18 heavy (non-hydrogen) atoms. The highest BCUT2D eigenvalue weighted by atomic mass is 16.6. The normalized spacial score (nSPS) is 13.6. The Hall–Kier alpha value is -1.94. The molecule has 2 aromatic rings. The zero-order chi connectivity index (χ0) is 12.2. The predicted octanol–water partition coefficient (Wildman–Crippen LogP) is 2.08. The lowest BCUT2D eigenvalue weighted by Crippen LogP contribution is -2.16. The minimum absolute atomic E-state index is 0.632. The van der Waals surface area contributed by atoms with Gasteiger partial charge in [-0.05, 0) is 29.3 Å². The molecule has 0 radical (unpaired) electrons. The number of aromatic amines is 1. The summed E-state index contributed by atoms with van der Waals surface area (Å²) in [5, 5.41) is 3.39. The summed E-state index contributed by atoms with van der Waals surface area (Å²) in [5.41, 5.74) is 2.46. The summed E-state index contributed by atoms with van der Waals surface area (Å²) in [6.45, 7) is 2.95. The average molecular weight is 244 g/mol. The van der Waals surface area contributed by atoms with Crippen molar-refractivity contribution in [1.29, 1.82) is 0 Å². The fourth-order valence-corrected chi connectivity index (χ4v) is 2.02. The maximum atomic E-state index is 5.56. The number of fused-ring (bicyclic) bond motifs is 1. The van der Waals surface area contributed by atoms with Crippen LogP contribution in [0.5, 0.6) is 11.5 Å². The van der Waals surface area contributed by atoms with Gasteiger partial charge >= 0.3 is 0 Å². The van der Waals surface area contributed by atoms with Crippen LogP contribution in [0.4, 0.5) is 0 Å². The van der Waals surface area contributed by atoms with Gasteiger partial charge in [0.25, 0.3) is 0 Å². The summed E-state index contributed by atoms with van der Waals surface area (Å²) in [4.78, 5) is 3.04. The topological polar surface area (TPSA) is 46.3 Å². The SMILES string of the molecule is c1cc(CNCc2ccc3c(c2)OCCO3)c[nH]1. The van der Waals surface area contributed by atoms with Crippen molar-refractivity contribution in [2.75, 3.05) is 13.2 Å². The van der Waals surface area contributed by atoms with Crippen LogP contribution >= 0.6 is 0 Å². The number of hydrogen-bond acceptors (Lipinski definition) is 3. The van der Waals surface area contributed by atoms with E-state index < -0.39 is 0 Å². The molecule has 4 heteroatoms. The van der Waals surface area contributed by atoms with Crippen molar-refractivity contribution in [3.63, 3.8) is 0 Å². The maximum absolute atomic E-state index is 5.56. The van der Waals surface area contributed by atoms with Crippen molar-refractivity contribution < 1.29 is 9.47 Å². The van der Waals surface area contributed by atoms with Crippen molar-refractivity contribution in [3.05, 3.63) is 47.8 Å². The molecule has 0 saturated carbocycles. The van der Waals surface area contributed by atoms with Gasteiger partial charge in [-0.25, -0.2) is 0 Å². The van der Waals surface area contributed by atoms with Gasteiger partial charge in [-0.2, -0.15) is 0 Å². The first-order valence-electron chi connectivity index (χ1n) is 6.13. The highest BCUT2D eigenvalue weighted by Crippen LogP contribution is 2.30. The molecule has 0 spiro atoms. The lowest BCUT2D eigenvalue weighted by molar-refractivity contribution is 0.171. The van der Waals surface area contributed by atoms with Crippen LogP contribution in [-0.2, 0) is 13.1 Å². The number of nitrogens with one attached hydrogen (secondary N) is 2. The molecule has 3 rings (SSSR count). The Kier molecular flexibility index (Phi) is 3.19. The van der Waals surface area contributed by atoms with Crippen LogP contribution in [-0.4, -0.2) is 18.2 Å². The molecule has 1 aliphatic heterocycles. The van der Waals surface area contributed by atoms with Crippen molar-refractivity contribution >= 4 is 0 Å². The molecule has 0 fully saturated rings. The first-order chi connectivity index (χ1) is 8.92. The van der Waals surface area contributed by atoms with Crippen molar-refractivity contribution in [2.45, 2.75) is 13.1 Å². The van der Waals surface area contributed by atoms with Crippen LogP contribution < -0.4 is 14.8 Å². The molecule has 4 nitrogen and oxygen atoms in total. The summed E-state index contributed by atoms with van der Waals surface area (Å²) >= 11 is 0. The fraction of sp³-hybridized carbons (Fsp3) is 0.286. The second-order valence-electron chi connectivity index (χ2n) is 4.30. The Labute approximate surface area is 106 Å². The molecule has 1 aromatic carbocycles. The Bertz CT molecular complexity index is 509. The molecule has 2 N–H and O–H groups in total. The van der Waals surface area contributed by atoms with Gasteiger partial charge in [0.2, 0.25) is 0 Å². The summed E-state index contributed by atoms with van der Waals surface area (Å²) in [5.74, 6) is 1.69. The number of benzene rings is 1. The monoisotopic (exact) mass is 244 g/mol. The van der Waals surface area contributed by atoms with Gasteiger partial charge in [-0.1, -0.05) is 6.07 Å². The Morgan fingerprint density at radius 1 is 1.00 bits per heavy atom. The molecule has 0 amide bonds. The molecule has 2 heterocycles. The lowest BCUT2D eigenvalue weighted by atomic mass is 10.2. The number of rotatable bonds is 4. The van der Waals surface area contributed by atoms with E-state index in [1.165, 1.54) is 11.1 Å². The average Bonchev–Trinajstić information content (AvgIpc) is 2.92. The number of ether oxygens (including phenoxy) is 2. The van der Waals surface area contributed by atoms with Crippen molar-refractivity contribution in [2.24, 2.45) is 0 Å². The molecule has 0 atom stereocenters. The molecular formula is C14H16N2O2. The Morgan fingerprint density at radius 2 is 1.83 bits per heavy atom. The number of aromatic nitrogens is 1. The molecule has 1 aliphatic rings. The van der Waals surface area contributed by atoms with E-state index in [1.807, 2.05) is 24.5 Å². The van der Waals surface area contributed by atoms with E-state index in [-0.39, 0.29) is 0 Å². The fourth-order valence-electron chi connectivity index (χ4n) is 2.02. The predicted molar refractivity (Wildman–Crippen MR) is 68.8 cm³/mol. The van der Waals surface area contributed by atoms with Crippen molar-refractivity contribution in [1.82, 2.24) is 10.3 Å². The van der Waals surface area contributed by atoms with Gasteiger partial charge in [0.1, 0.15) is 13.2 Å². The molecule has 0 bridgehead atoms. The number of hydrogen-bond donors (Lipinski definition) is 2. The third-order valence-electron chi connectivity index (χ3n) is 2.93. The first-order valence-corrected chi connectivity index (χ1v) is 6.13. The van der Waals surface area contributed by atoms with Crippen LogP contribution in [0.3, 0.4) is 0 Å². The highest BCUT2D eigenvalue weighted by molar-refractivity contribution is 5.43. The maximum Gasteiger partial charge on any atom is 0.161 e. The van der Waals surface area contributed by atoms with Gasteiger partial charge < -0.3 is 19.8 Å². The van der Waals surface area contributed by atoms with Gasteiger partial charge in [-0.3, -0.25) is 0 Å². The lowest BCUT2D eigenvalue weighted by Gasteiger charge is -2.18. The van der Waals surface area contributed by atoms with E-state index in [1.54, 1.807) is 0 Å². The summed E-state index contributed by atoms with van der Waals surface area (Å²) < 4.78 is 11.1. The molecule has 94 valence electrons. The molecule has 1 aromatic heterocycles. The minimum atomic E-state index is 0.632. The molecule has 0 aliphatic carbocycles. The molecule has 0 saturated heterocycles. The van der Waals surface area contributed by atoms with Gasteiger partial charge in [0.05, 0.1) is 0 Å². The van der Waals surface area contributed by atoms with E-state index in [0.29, 0.717) is 13.2 Å². The quantitative estimate of drug-likeness (QED) is 0.865. The molecule has 0 unspecified atom stereocenters. The summed E-state index contributed by atoms with van der Waals surface area (Å²) in [6, 6.07) is 8.15. The summed E-state index contributed by atoms with van der Waals surface area (Å²) in [7, 11) is 0. The van der Waals surface area contributed by atoms with Crippen LogP contribution in [0.15, 0.2) is 36.7 Å². The number of H-pyrrole nitrogens is 1. The zero-order valence-electron chi connectivity index (χ0n) is 10.1. The third kappa shape index (κ3) is 2.49. The van der Waals surface area contributed by atoms with Crippen LogP contribution in [0.25, 0.3) is 0 Å². The highest BCUT2D eigenvalue weighted by Gasteiger charge is 2.11. The smallest absolute Gasteiger partial charge is 0.161 e. The van der Waals surface area contributed by atoms with E-state index in [4.69, 9.17) is 9.47 Å². The van der Waals surface area contributed by atoms with E-state index in [0.717, 1.165) is 24.6 Å². The second-order valence-corrected chi connectivity index (χ2v) is 4.30. The first kappa shape index (κ1) is 11.2. The Balaban J connectivity index is 1.59. The second kappa shape index (κ2) is 5.14.